The number of pyridine rings is 1. The van der Waals surface area contributed by atoms with Gasteiger partial charge >= 0.3 is 0 Å². The number of aromatic nitrogens is 3. The van der Waals surface area contributed by atoms with Gasteiger partial charge in [-0.3, -0.25) is 9.78 Å². The Bertz CT molecular complexity index is 1070. The van der Waals surface area contributed by atoms with Crippen molar-refractivity contribution < 1.29 is 13.9 Å². The summed E-state index contributed by atoms with van der Waals surface area (Å²) >= 11 is 0. The fourth-order valence-corrected chi connectivity index (χ4v) is 2.66. The summed E-state index contributed by atoms with van der Waals surface area (Å²) < 4.78 is 11.2. The normalized spacial score (nSPS) is 10.9. The summed E-state index contributed by atoms with van der Waals surface area (Å²) in [6.45, 7) is 2.35. The number of carbonyl (C=O) groups excluding carboxylic acids is 1. The van der Waals surface area contributed by atoms with Crippen molar-refractivity contribution in [2.45, 2.75) is 19.9 Å². The van der Waals surface area contributed by atoms with Gasteiger partial charge in [0.15, 0.2) is 5.78 Å². The molecule has 3 heterocycles. The van der Waals surface area contributed by atoms with Crippen molar-refractivity contribution >= 4 is 22.8 Å². The monoisotopic (exact) mass is 362 g/mol. The van der Waals surface area contributed by atoms with Crippen LogP contribution in [-0.2, 0) is 6.54 Å². The van der Waals surface area contributed by atoms with Gasteiger partial charge in [0.25, 0.3) is 0 Å². The molecule has 0 amide bonds. The molecule has 1 aromatic carbocycles. The van der Waals surface area contributed by atoms with E-state index in [9.17, 15) is 4.79 Å². The van der Waals surface area contributed by atoms with Gasteiger partial charge in [-0.1, -0.05) is 6.92 Å². The molecule has 136 valence electrons. The number of benzene rings is 1. The number of rotatable bonds is 7. The summed E-state index contributed by atoms with van der Waals surface area (Å²) in [6, 6.07) is 12.7. The molecule has 0 saturated carbocycles. The first kappa shape index (κ1) is 16.8. The molecule has 7 nitrogen and oxygen atoms in total. The van der Waals surface area contributed by atoms with E-state index < -0.39 is 0 Å². The number of ether oxygens (including phenoxy) is 1. The third-order valence-corrected chi connectivity index (χ3v) is 4.04. The van der Waals surface area contributed by atoms with Crippen molar-refractivity contribution in [3.8, 4) is 11.5 Å². The van der Waals surface area contributed by atoms with Crippen LogP contribution in [-0.4, -0.2) is 20.7 Å². The molecule has 0 unspecified atom stereocenters. The van der Waals surface area contributed by atoms with Crippen molar-refractivity contribution in [1.82, 2.24) is 15.0 Å². The van der Waals surface area contributed by atoms with E-state index in [0.29, 0.717) is 36.1 Å². The third-order valence-electron chi connectivity index (χ3n) is 4.04. The molecule has 4 rings (SSSR count). The lowest BCUT2D eigenvalue weighted by molar-refractivity contribution is 0.0983. The smallest absolute Gasteiger partial charge is 0.201 e. The molecule has 0 radical (unpaired) electrons. The summed E-state index contributed by atoms with van der Waals surface area (Å²) in [5, 5.41) is 3.19. The van der Waals surface area contributed by atoms with Gasteiger partial charge in [-0.25, -0.2) is 4.98 Å². The Morgan fingerprint density at radius 3 is 2.93 bits per heavy atom. The molecule has 2 N–H and O–H groups in total. The Morgan fingerprint density at radius 2 is 2.11 bits per heavy atom. The molecular weight excluding hydrogens is 344 g/mol. The van der Waals surface area contributed by atoms with Crippen molar-refractivity contribution in [1.29, 1.82) is 0 Å². The van der Waals surface area contributed by atoms with Gasteiger partial charge in [-0.15, -0.1) is 0 Å². The van der Waals surface area contributed by atoms with Crippen LogP contribution in [0, 0.1) is 0 Å². The first-order valence-corrected chi connectivity index (χ1v) is 8.64. The van der Waals surface area contributed by atoms with E-state index in [2.05, 4.69) is 20.3 Å². The number of ketones is 1. The fourth-order valence-electron chi connectivity index (χ4n) is 2.66. The average molecular weight is 362 g/mol. The number of aromatic amines is 1. The molecule has 0 atom stereocenters. The zero-order chi connectivity index (χ0) is 18.6. The summed E-state index contributed by atoms with van der Waals surface area (Å²) in [5.74, 6) is 2.67. The lowest BCUT2D eigenvalue weighted by atomic mass is 10.2. The maximum Gasteiger partial charge on any atom is 0.201 e. The van der Waals surface area contributed by atoms with Gasteiger partial charge in [-0.2, -0.15) is 0 Å². The second kappa shape index (κ2) is 7.33. The molecule has 0 bridgehead atoms. The van der Waals surface area contributed by atoms with E-state index in [0.717, 1.165) is 16.8 Å². The van der Waals surface area contributed by atoms with E-state index in [1.165, 1.54) is 0 Å². The average Bonchev–Trinajstić information content (AvgIpc) is 3.35. The number of nitrogens with one attached hydrogen (secondary N) is 2. The molecule has 7 heteroatoms. The van der Waals surface area contributed by atoms with E-state index in [-0.39, 0.29) is 5.78 Å². The minimum atomic E-state index is -0.0169. The number of nitrogens with zero attached hydrogens (tertiary/aromatic N) is 2. The quantitative estimate of drug-likeness (QED) is 0.469. The van der Waals surface area contributed by atoms with Crippen molar-refractivity contribution in [2.75, 3.05) is 5.32 Å². The fraction of sp³-hybridized carbons (Fsp3) is 0.150. The Kier molecular flexibility index (Phi) is 4.57. The standard InChI is InChI=1S/C20H18N4O3/c1-2-19(25)18-11-14(7-8-21-18)27-13-5-6-16-17(10-13)24-20(23-16)22-12-15-4-3-9-26-15/h3-11H,2,12H2,1H3,(H2,22,23,24). The van der Waals surface area contributed by atoms with Gasteiger partial charge in [-0.05, 0) is 30.3 Å². The van der Waals surface area contributed by atoms with Crippen LogP contribution >= 0.6 is 0 Å². The van der Waals surface area contributed by atoms with Crippen molar-refractivity contribution in [3.63, 3.8) is 0 Å². The number of hydrogen-bond donors (Lipinski definition) is 2. The highest BCUT2D eigenvalue weighted by Crippen LogP contribution is 2.26. The van der Waals surface area contributed by atoms with Crippen LogP contribution in [0.1, 0.15) is 29.6 Å². The van der Waals surface area contributed by atoms with Crippen LogP contribution in [0.3, 0.4) is 0 Å². The molecule has 0 spiro atoms. The Hall–Kier alpha value is -3.61. The third kappa shape index (κ3) is 3.82. The first-order valence-electron chi connectivity index (χ1n) is 8.64. The highest BCUT2D eigenvalue weighted by atomic mass is 16.5. The number of Topliss-reactive ketones (excluding diaryl/α,β-unsaturated/α-hetero) is 1. The van der Waals surface area contributed by atoms with Crippen LogP contribution in [0.4, 0.5) is 5.95 Å². The number of fused-ring (bicyclic) bond motifs is 1. The minimum Gasteiger partial charge on any atom is -0.467 e. The van der Waals surface area contributed by atoms with Crippen LogP contribution in [0.2, 0.25) is 0 Å². The highest BCUT2D eigenvalue weighted by Gasteiger charge is 2.08. The second-order valence-electron chi connectivity index (χ2n) is 5.95. The van der Waals surface area contributed by atoms with E-state index >= 15 is 0 Å². The van der Waals surface area contributed by atoms with E-state index in [1.54, 1.807) is 31.5 Å². The maximum absolute atomic E-state index is 11.8. The number of H-pyrrole nitrogens is 1. The number of carbonyl (C=O) groups is 1. The zero-order valence-corrected chi connectivity index (χ0v) is 14.7. The highest BCUT2D eigenvalue weighted by molar-refractivity contribution is 5.94. The van der Waals surface area contributed by atoms with Gasteiger partial charge < -0.3 is 19.5 Å². The van der Waals surface area contributed by atoms with E-state index in [1.807, 2.05) is 30.3 Å². The lowest BCUT2D eigenvalue weighted by Gasteiger charge is -2.06. The molecule has 27 heavy (non-hydrogen) atoms. The number of hydrogen-bond acceptors (Lipinski definition) is 6. The number of furan rings is 1. The Balaban J connectivity index is 1.50. The van der Waals surface area contributed by atoms with Gasteiger partial charge in [0.2, 0.25) is 5.95 Å². The van der Waals surface area contributed by atoms with Crippen LogP contribution in [0.5, 0.6) is 11.5 Å². The largest absolute Gasteiger partial charge is 0.467 e. The van der Waals surface area contributed by atoms with Gasteiger partial charge in [0, 0.05) is 24.8 Å². The van der Waals surface area contributed by atoms with Crippen molar-refractivity contribution in [3.05, 3.63) is 66.4 Å². The van der Waals surface area contributed by atoms with Crippen LogP contribution in [0.25, 0.3) is 11.0 Å². The molecule has 0 saturated heterocycles. The van der Waals surface area contributed by atoms with Crippen LogP contribution in [0.15, 0.2) is 59.3 Å². The summed E-state index contributed by atoms with van der Waals surface area (Å²) in [5.41, 5.74) is 2.07. The summed E-state index contributed by atoms with van der Waals surface area (Å²) in [6.07, 6.45) is 3.62. The topological polar surface area (TPSA) is 93.0 Å². The molecule has 4 aromatic rings. The van der Waals surface area contributed by atoms with E-state index in [4.69, 9.17) is 9.15 Å². The van der Waals surface area contributed by atoms with Gasteiger partial charge in [0.05, 0.1) is 23.8 Å². The zero-order valence-electron chi connectivity index (χ0n) is 14.7. The lowest BCUT2D eigenvalue weighted by Crippen LogP contribution is -2.00. The molecule has 3 aromatic heterocycles. The molecular formula is C20H18N4O3. The Morgan fingerprint density at radius 1 is 1.22 bits per heavy atom. The summed E-state index contributed by atoms with van der Waals surface area (Å²) in [7, 11) is 0. The Labute approximate surface area is 155 Å². The molecule has 0 fully saturated rings. The predicted octanol–water partition coefficient (Wildman–Crippen LogP) is 4.55. The van der Waals surface area contributed by atoms with Gasteiger partial charge in [0.1, 0.15) is 23.0 Å². The minimum absolute atomic E-state index is 0.0169. The van der Waals surface area contributed by atoms with Crippen LogP contribution < -0.4 is 10.1 Å². The predicted molar refractivity (Wildman–Crippen MR) is 101 cm³/mol. The first-order chi connectivity index (χ1) is 13.2. The second-order valence-corrected chi connectivity index (χ2v) is 5.95. The number of imidazole rings is 1. The molecule has 0 aliphatic heterocycles. The SMILES string of the molecule is CCC(=O)c1cc(Oc2ccc3nc(NCc4ccco4)[nH]c3c2)ccn1. The molecule has 0 aliphatic carbocycles. The summed E-state index contributed by atoms with van der Waals surface area (Å²) in [4.78, 5) is 23.6. The maximum atomic E-state index is 11.8. The van der Waals surface area contributed by atoms with Crippen molar-refractivity contribution in [2.24, 2.45) is 0 Å². The number of anilines is 1. The molecule has 0 aliphatic rings.